The van der Waals surface area contributed by atoms with Crippen LogP contribution in [0.2, 0.25) is 0 Å². The molecule has 19 heavy (non-hydrogen) atoms. The molecule has 0 saturated carbocycles. The quantitative estimate of drug-likeness (QED) is 0.824. The average Bonchev–Trinajstić information content (AvgIpc) is 2.45. The van der Waals surface area contributed by atoms with Gasteiger partial charge in [-0.25, -0.2) is 0 Å². The third kappa shape index (κ3) is 3.16. The summed E-state index contributed by atoms with van der Waals surface area (Å²) in [6.07, 6.45) is 1.000. The van der Waals surface area contributed by atoms with Crippen LogP contribution in [-0.2, 0) is 0 Å². The number of hydrogen-bond donors (Lipinski definition) is 1. The van der Waals surface area contributed by atoms with Crippen LogP contribution in [0.1, 0.15) is 20.3 Å². The molecule has 5 heteroatoms. The number of ether oxygens (including phenoxy) is 4. The Labute approximate surface area is 114 Å². The lowest BCUT2D eigenvalue weighted by atomic mass is 10.2. The third-order valence-corrected chi connectivity index (χ3v) is 3.00. The summed E-state index contributed by atoms with van der Waals surface area (Å²) in [6.45, 7) is 4.21. The van der Waals surface area contributed by atoms with Crippen LogP contribution >= 0.6 is 0 Å². The van der Waals surface area contributed by atoms with Crippen LogP contribution in [0.4, 0.5) is 5.69 Å². The van der Waals surface area contributed by atoms with E-state index in [9.17, 15) is 0 Å². The summed E-state index contributed by atoms with van der Waals surface area (Å²) >= 11 is 0. The summed E-state index contributed by atoms with van der Waals surface area (Å²) in [4.78, 5) is 0. The van der Waals surface area contributed by atoms with Gasteiger partial charge in [0.2, 0.25) is 11.5 Å². The molecule has 0 saturated heterocycles. The van der Waals surface area contributed by atoms with Crippen LogP contribution in [0.15, 0.2) is 6.07 Å². The molecule has 0 bridgehead atoms. The fraction of sp³-hybridized carbons (Fsp3) is 0.571. The maximum Gasteiger partial charge on any atom is 0.209 e. The Kier molecular flexibility index (Phi) is 5.60. The number of anilines is 1. The van der Waals surface area contributed by atoms with Crippen molar-refractivity contribution in [1.82, 2.24) is 0 Å². The Bertz CT molecular complexity index is 420. The first-order chi connectivity index (χ1) is 9.12. The van der Waals surface area contributed by atoms with Crippen LogP contribution in [-0.4, -0.2) is 34.5 Å². The van der Waals surface area contributed by atoms with Gasteiger partial charge in [-0.1, -0.05) is 6.92 Å². The molecule has 1 N–H and O–H groups in total. The SMILES string of the molecule is CCC(C)Nc1cc(OC)c(OC)c(OC)c1OC. The third-order valence-electron chi connectivity index (χ3n) is 3.00. The van der Waals surface area contributed by atoms with Gasteiger partial charge in [0.25, 0.3) is 0 Å². The van der Waals surface area contributed by atoms with Gasteiger partial charge in [0.1, 0.15) is 0 Å². The van der Waals surface area contributed by atoms with Gasteiger partial charge < -0.3 is 24.3 Å². The monoisotopic (exact) mass is 269 g/mol. The van der Waals surface area contributed by atoms with E-state index in [0.29, 0.717) is 29.0 Å². The van der Waals surface area contributed by atoms with Crippen LogP contribution < -0.4 is 24.3 Å². The number of methoxy groups -OCH3 is 4. The molecule has 0 radical (unpaired) electrons. The molecule has 0 aliphatic rings. The second-order valence-corrected chi connectivity index (χ2v) is 4.18. The smallest absolute Gasteiger partial charge is 0.209 e. The maximum atomic E-state index is 5.43. The fourth-order valence-corrected chi connectivity index (χ4v) is 1.81. The molecule has 1 rings (SSSR count). The molecule has 0 heterocycles. The normalized spacial score (nSPS) is 11.7. The van der Waals surface area contributed by atoms with Gasteiger partial charge >= 0.3 is 0 Å². The number of hydrogen-bond acceptors (Lipinski definition) is 5. The average molecular weight is 269 g/mol. The molecule has 0 spiro atoms. The van der Waals surface area contributed by atoms with E-state index in [4.69, 9.17) is 18.9 Å². The molecule has 108 valence electrons. The van der Waals surface area contributed by atoms with Gasteiger partial charge in [-0.15, -0.1) is 0 Å². The summed E-state index contributed by atoms with van der Waals surface area (Å²) in [5.41, 5.74) is 0.825. The molecule has 0 aromatic heterocycles. The van der Waals surface area contributed by atoms with Crippen molar-refractivity contribution < 1.29 is 18.9 Å². The molecule has 0 fully saturated rings. The lowest BCUT2D eigenvalue weighted by Crippen LogP contribution is -2.14. The summed E-state index contributed by atoms with van der Waals surface area (Å²) in [5, 5.41) is 3.37. The molecular formula is C14H23NO4. The van der Waals surface area contributed by atoms with Crippen molar-refractivity contribution in [3.05, 3.63) is 6.07 Å². The summed E-state index contributed by atoms with van der Waals surface area (Å²) < 4.78 is 21.5. The van der Waals surface area contributed by atoms with Gasteiger partial charge in [0, 0.05) is 12.1 Å². The molecule has 1 aromatic carbocycles. The first-order valence-corrected chi connectivity index (χ1v) is 6.26. The minimum absolute atomic E-state index is 0.316. The first kappa shape index (κ1) is 15.3. The Morgan fingerprint density at radius 2 is 1.53 bits per heavy atom. The van der Waals surface area contributed by atoms with Gasteiger partial charge in [0.05, 0.1) is 34.1 Å². The van der Waals surface area contributed by atoms with Crippen molar-refractivity contribution in [3.63, 3.8) is 0 Å². The Balaban J connectivity index is 3.37. The minimum atomic E-state index is 0.316. The molecule has 0 amide bonds. The van der Waals surface area contributed by atoms with Gasteiger partial charge in [0.15, 0.2) is 11.5 Å². The first-order valence-electron chi connectivity index (χ1n) is 6.26. The van der Waals surface area contributed by atoms with Crippen molar-refractivity contribution in [2.75, 3.05) is 33.8 Å². The second kappa shape index (κ2) is 6.97. The van der Waals surface area contributed by atoms with Crippen LogP contribution in [0.3, 0.4) is 0 Å². The van der Waals surface area contributed by atoms with Crippen LogP contribution in [0.25, 0.3) is 0 Å². The van der Waals surface area contributed by atoms with E-state index in [1.165, 1.54) is 0 Å². The van der Waals surface area contributed by atoms with E-state index in [1.54, 1.807) is 28.4 Å². The highest BCUT2D eigenvalue weighted by molar-refractivity contribution is 5.73. The Morgan fingerprint density at radius 1 is 0.947 bits per heavy atom. The van der Waals surface area contributed by atoms with E-state index in [1.807, 2.05) is 6.07 Å². The highest BCUT2D eigenvalue weighted by Gasteiger charge is 2.22. The highest BCUT2D eigenvalue weighted by atomic mass is 16.5. The van der Waals surface area contributed by atoms with Gasteiger partial charge in [-0.2, -0.15) is 0 Å². The Morgan fingerprint density at radius 3 is 1.95 bits per heavy atom. The van der Waals surface area contributed by atoms with Crippen molar-refractivity contribution in [1.29, 1.82) is 0 Å². The zero-order valence-corrected chi connectivity index (χ0v) is 12.5. The van der Waals surface area contributed by atoms with E-state index >= 15 is 0 Å². The zero-order valence-electron chi connectivity index (χ0n) is 12.5. The molecule has 0 aliphatic carbocycles. The largest absolute Gasteiger partial charge is 0.493 e. The molecule has 1 aromatic rings. The zero-order chi connectivity index (χ0) is 14.4. The van der Waals surface area contributed by atoms with E-state index in [0.717, 1.165) is 12.1 Å². The topological polar surface area (TPSA) is 49.0 Å². The molecular weight excluding hydrogens is 246 g/mol. The van der Waals surface area contributed by atoms with Crippen LogP contribution in [0.5, 0.6) is 23.0 Å². The summed E-state index contributed by atoms with van der Waals surface area (Å²) in [6, 6.07) is 2.17. The van der Waals surface area contributed by atoms with Gasteiger partial charge in [-0.3, -0.25) is 0 Å². The van der Waals surface area contributed by atoms with Crippen molar-refractivity contribution >= 4 is 5.69 Å². The molecule has 1 unspecified atom stereocenters. The lowest BCUT2D eigenvalue weighted by molar-refractivity contribution is 0.306. The summed E-state index contributed by atoms with van der Waals surface area (Å²) in [5.74, 6) is 2.26. The minimum Gasteiger partial charge on any atom is -0.493 e. The molecule has 0 aliphatic heterocycles. The number of benzene rings is 1. The number of nitrogens with one attached hydrogen (secondary N) is 1. The molecule has 5 nitrogen and oxygen atoms in total. The predicted molar refractivity (Wildman–Crippen MR) is 76.0 cm³/mol. The summed E-state index contributed by atoms with van der Waals surface area (Å²) in [7, 11) is 6.34. The maximum absolute atomic E-state index is 5.43. The lowest BCUT2D eigenvalue weighted by Gasteiger charge is -2.21. The predicted octanol–water partition coefficient (Wildman–Crippen LogP) is 2.93. The Hall–Kier alpha value is -1.78. The second-order valence-electron chi connectivity index (χ2n) is 4.18. The fourth-order valence-electron chi connectivity index (χ4n) is 1.81. The number of rotatable bonds is 7. The van der Waals surface area contributed by atoms with E-state index in [2.05, 4.69) is 19.2 Å². The van der Waals surface area contributed by atoms with Crippen molar-refractivity contribution in [2.24, 2.45) is 0 Å². The molecule has 1 atom stereocenters. The highest BCUT2D eigenvalue weighted by Crippen LogP contribution is 2.49. The van der Waals surface area contributed by atoms with Crippen molar-refractivity contribution in [3.8, 4) is 23.0 Å². The van der Waals surface area contributed by atoms with E-state index < -0.39 is 0 Å². The van der Waals surface area contributed by atoms with Crippen LogP contribution in [0, 0.1) is 0 Å². The van der Waals surface area contributed by atoms with E-state index in [-0.39, 0.29) is 0 Å². The van der Waals surface area contributed by atoms with Crippen molar-refractivity contribution in [2.45, 2.75) is 26.3 Å². The van der Waals surface area contributed by atoms with Gasteiger partial charge in [-0.05, 0) is 13.3 Å². The standard InChI is InChI=1S/C14H23NO4/c1-7-9(2)15-10-8-11(16-3)13(18-5)14(19-6)12(10)17-4/h8-9,15H,7H2,1-6H3.